The molecule has 224 valence electrons. The highest BCUT2D eigenvalue weighted by Gasteiger charge is 2.49. The van der Waals surface area contributed by atoms with Crippen LogP contribution in [0.4, 0.5) is 19.0 Å². The van der Waals surface area contributed by atoms with Crippen LogP contribution >= 0.6 is 0 Å². The number of piperidine rings is 1. The second-order valence-electron chi connectivity index (χ2n) is 10.4. The minimum atomic E-state index is -5.94. The highest BCUT2D eigenvalue weighted by molar-refractivity contribution is 7.90. The van der Waals surface area contributed by atoms with Gasteiger partial charge in [0.25, 0.3) is 0 Å². The topological polar surface area (TPSA) is 138 Å². The molecular weight excluding hydrogens is 609 g/mol. The zero-order valence-electron chi connectivity index (χ0n) is 22.4. The number of anilines is 1. The molecule has 3 aliphatic heterocycles. The lowest BCUT2D eigenvalue weighted by molar-refractivity contribution is -0.0500. The van der Waals surface area contributed by atoms with Crippen molar-refractivity contribution < 1.29 is 34.2 Å². The van der Waals surface area contributed by atoms with Gasteiger partial charge in [-0.2, -0.15) is 31.9 Å². The summed E-state index contributed by atoms with van der Waals surface area (Å²) in [4.78, 5) is 9.27. The number of alkyl halides is 3. The predicted octanol–water partition coefficient (Wildman–Crippen LogP) is 3.36. The Labute approximate surface area is 244 Å². The maximum atomic E-state index is 12.9. The second-order valence-corrected chi connectivity index (χ2v) is 14.0. The van der Waals surface area contributed by atoms with Crippen LogP contribution in [0, 0.1) is 11.3 Å². The molecule has 43 heavy (non-hydrogen) atoms. The van der Waals surface area contributed by atoms with E-state index in [2.05, 4.69) is 24.1 Å². The van der Waals surface area contributed by atoms with Gasteiger partial charge < -0.3 is 9.08 Å². The fraction of sp³-hybridized carbons (Fsp3) is 0.296. The number of piperazine rings is 1. The number of hydrogen-bond donors (Lipinski definition) is 0. The van der Waals surface area contributed by atoms with Gasteiger partial charge in [-0.1, -0.05) is 18.2 Å². The van der Waals surface area contributed by atoms with E-state index in [1.165, 1.54) is 18.6 Å². The molecule has 3 fully saturated rings. The van der Waals surface area contributed by atoms with E-state index in [9.17, 15) is 35.3 Å². The molecule has 0 radical (unpaired) electrons. The molecule has 2 atom stereocenters. The zero-order chi connectivity index (χ0) is 30.7. The van der Waals surface area contributed by atoms with Crippen LogP contribution in [0.5, 0.6) is 5.75 Å². The number of sulfone groups is 1. The molecule has 0 N–H and O–H groups in total. The fourth-order valence-corrected chi connectivity index (χ4v) is 7.05. The Balaban J connectivity index is 1.24. The largest absolute Gasteiger partial charge is 0.534 e. The van der Waals surface area contributed by atoms with Crippen molar-refractivity contribution in [2.24, 2.45) is 0 Å². The van der Waals surface area contributed by atoms with E-state index in [0.717, 1.165) is 28.8 Å². The van der Waals surface area contributed by atoms with Crippen molar-refractivity contribution in [3.8, 4) is 22.9 Å². The Hall–Kier alpha value is -4.20. The van der Waals surface area contributed by atoms with Gasteiger partial charge in [-0.05, 0) is 36.2 Å². The second kappa shape index (κ2) is 10.2. The van der Waals surface area contributed by atoms with Crippen molar-refractivity contribution in [2.45, 2.75) is 35.5 Å². The summed E-state index contributed by atoms with van der Waals surface area (Å²) in [6.07, 6.45) is 5.82. The van der Waals surface area contributed by atoms with Crippen LogP contribution in [0.2, 0.25) is 0 Å². The molecule has 16 heteroatoms. The molecule has 0 spiro atoms. The maximum absolute atomic E-state index is 12.9. The molecule has 1 aromatic carbocycles. The minimum absolute atomic E-state index is 0.123. The molecule has 3 saturated heterocycles. The van der Waals surface area contributed by atoms with Gasteiger partial charge in [0.2, 0.25) is 0 Å². The lowest BCUT2D eigenvalue weighted by Crippen LogP contribution is -2.68. The Morgan fingerprint density at radius 2 is 1.79 bits per heavy atom. The standard InChI is InChI=1S/C27H23F3N6O5S2/c1-42(37,38)24-5-3-2-4-18(24)13-35-20-8-21(35)15-34(14-20)25-7-6-17(11-32-25)23-9-22(41-43(39,40)27(28,29)30)16-36-26(23)19(10-31)12-33-36/h2-7,9,11-12,16,20-21H,8,13-15H2,1H3. The molecule has 11 nitrogen and oxygen atoms in total. The fourth-order valence-electron chi connectivity index (χ4n) is 5.68. The number of halogens is 3. The molecule has 2 unspecified atom stereocenters. The van der Waals surface area contributed by atoms with Crippen molar-refractivity contribution in [1.29, 1.82) is 5.26 Å². The van der Waals surface area contributed by atoms with Gasteiger partial charge in [0, 0.05) is 55.3 Å². The van der Waals surface area contributed by atoms with Crippen molar-refractivity contribution in [3.63, 3.8) is 0 Å². The summed E-state index contributed by atoms with van der Waals surface area (Å²) < 4.78 is 92.0. The van der Waals surface area contributed by atoms with Gasteiger partial charge in [-0.25, -0.2) is 17.9 Å². The molecule has 2 bridgehead atoms. The average molecular weight is 633 g/mol. The lowest BCUT2D eigenvalue weighted by atomic mass is 9.86. The van der Waals surface area contributed by atoms with E-state index in [1.54, 1.807) is 24.3 Å². The third-order valence-electron chi connectivity index (χ3n) is 7.65. The smallest absolute Gasteiger partial charge is 0.374 e. The Morgan fingerprint density at radius 3 is 2.42 bits per heavy atom. The van der Waals surface area contributed by atoms with Gasteiger partial charge in [-0.3, -0.25) is 4.90 Å². The molecule has 6 heterocycles. The Morgan fingerprint density at radius 1 is 1.07 bits per heavy atom. The van der Waals surface area contributed by atoms with E-state index in [4.69, 9.17) is 0 Å². The van der Waals surface area contributed by atoms with Crippen LogP contribution in [-0.4, -0.2) is 73.3 Å². The van der Waals surface area contributed by atoms with E-state index in [1.807, 2.05) is 18.2 Å². The third kappa shape index (κ3) is 5.28. The van der Waals surface area contributed by atoms with E-state index in [0.29, 0.717) is 35.9 Å². The van der Waals surface area contributed by atoms with Crippen LogP contribution in [0.25, 0.3) is 16.6 Å². The number of aromatic nitrogens is 3. The van der Waals surface area contributed by atoms with Crippen molar-refractivity contribution in [3.05, 3.63) is 72.2 Å². The summed E-state index contributed by atoms with van der Waals surface area (Å²) in [5.41, 5.74) is -3.89. The first-order valence-electron chi connectivity index (χ1n) is 12.9. The third-order valence-corrected chi connectivity index (χ3v) is 9.82. The van der Waals surface area contributed by atoms with E-state index in [-0.39, 0.29) is 28.7 Å². The van der Waals surface area contributed by atoms with Crippen molar-refractivity contribution >= 4 is 31.3 Å². The summed E-state index contributed by atoms with van der Waals surface area (Å²) in [5, 5.41) is 13.5. The van der Waals surface area contributed by atoms with Crippen LogP contribution < -0.4 is 9.08 Å². The first-order valence-corrected chi connectivity index (χ1v) is 16.2. The number of pyridine rings is 2. The number of nitriles is 1. The van der Waals surface area contributed by atoms with Gasteiger partial charge in [0.1, 0.15) is 11.9 Å². The Kier molecular flexibility index (Phi) is 6.86. The van der Waals surface area contributed by atoms with Crippen LogP contribution in [0.1, 0.15) is 17.5 Å². The lowest BCUT2D eigenvalue weighted by Gasteiger charge is -2.56. The molecule has 0 amide bonds. The molecule has 7 rings (SSSR count). The van der Waals surface area contributed by atoms with E-state index < -0.39 is 31.2 Å². The number of fused-ring (bicyclic) bond motifs is 3. The number of benzene rings is 1. The zero-order valence-corrected chi connectivity index (χ0v) is 24.1. The van der Waals surface area contributed by atoms with Crippen LogP contribution in [0.15, 0.2) is 66.0 Å². The highest BCUT2D eigenvalue weighted by Crippen LogP contribution is 2.38. The Bertz CT molecular complexity index is 1980. The number of hydrogen-bond acceptors (Lipinski definition) is 10. The highest BCUT2D eigenvalue weighted by atomic mass is 32.2. The van der Waals surface area contributed by atoms with Gasteiger partial charge in [0.15, 0.2) is 15.6 Å². The van der Waals surface area contributed by atoms with Gasteiger partial charge in [-0.15, -0.1) is 0 Å². The quantitative estimate of drug-likeness (QED) is 0.220. The van der Waals surface area contributed by atoms with Crippen LogP contribution in [0.3, 0.4) is 0 Å². The van der Waals surface area contributed by atoms with Crippen molar-refractivity contribution in [2.75, 3.05) is 24.2 Å². The van der Waals surface area contributed by atoms with Gasteiger partial charge in [0.05, 0.1) is 28.4 Å². The molecule has 0 saturated carbocycles. The SMILES string of the molecule is CS(=O)(=O)c1ccccc1CN1C2CC1CN(c1ccc(-c3cc(OS(=O)(=O)C(F)(F)F)cn4ncc(C#N)c34)cn1)C2. The number of rotatable bonds is 7. The number of nitrogens with zero attached hydrogens (tertiary/aromatic N) is 6. The minimum Gasteiger partial charge on any atom is -0.374 e. The summed E-state index contributed by atoms with van der Waals surface area (Å²) in [5.74, 6) is 0.0249. The summed E-state index contributed by atoms with van der Waals surface area (Å²) >= 11 is 0. The molecule has 0 aliphatic carbocycles. The monoisotopic (exact) mass is 632 g/mol. The average Bonchev–Trinajstić information content (AvgIpc) is 3.37. The predicted molar refractivity (Wildman–Crippen MR) is 148 cm³/mol. The van der Waals surface area contributed by atoms with Gasteiger partial charge >= 0.3 is 15.6 Å². The molecule has 4 aromatic rings. The maximum Gasteiger partial charge on any atom is 0.534 e. The van der Waals surface area contributed by atoms with Crippen LogP contribution in [-0.2, 0) is 26.5 Å². The first kappa shape index (κ1) is 28.9. The van der Waals surface area contributed by atoms with Crippen molar-refractivity contribution in [1.82, 2.24) is 19.5 Å². The summed E-state index contributed by atoms with van der Waals surface area (Å²) in [7, 11) is -9.29. The summed E-state index contributed by atoms with van der Waals surface area (Å²) in [6.45, 7) is 1.84. The first-order chi connectivity index (χ1) is 20.2. The molecule has 3 aromatic heterocycles. The van der Waals surface area contributed by atoms with E-state index >= 15 is 0 Å². The molecular formula is C27H23F3N6O5S2. The summed E-state index contributed by atoms with van der Waals surface area (Å²) in [6, 6.07) is 13.9. The molecule has 3 aliphatic rings. The normalized spacial score (nSPS) is 19.2.